The first-order valence-electron chi connectivity index (χ1n) is 27.2. The number of methoxy groups -OCH3 is 1. The number of carbonyl (C=O) groups excluding carboxylic acids is 3. The van der Waals surface area contributed by atoms with Crippen molar-refractivity contribution in [2.75, 3.05) is 96.0 Å². The highest BCUT2D eigenvalue weighted by Crippen LogP contribution is 2.31. The first-order chi connectivity index (χ1) is 36.2. The third-order valence-corrected chi connectivity index (χ3v) is 13.3. The van der Waals surface area contributed by atoms with Gasteiger partial charge in [-0.25, -0.2) is 9.37 Å². The maximum atomic E-state index is 15.3. The molecule has 6 rings (SSSR count). The molecular formula is C59H90FIN9O4P. The van der Waals surface area contributed by atoms with Gasteiger partial charge in [-0.1, -0.05) is 104 Å². The lowest BCUT2D eigenvalue weighted by molar-refractivity contribution is -0.123. The van der Waals surface area contributed by atoms with Crippen molar-refractivity contribution in [3.63, 3.8) is 0 Å². The molecule has 5 heterocycles. The maximum absolute atomic E-state index is 15.3. The number of hydrogen-bond acceptors (Lipinski definition) is 11. The zero-order chi connectivity index (χ0) is 55.3. The summed E-state index contributed by atoms with van der Waals surface area (Å²) in [6.45, 7) is 32.2. The van der Waals surface area contributed by atoms with Gasteiger partial charge in [0.25, 0.3) is 5.91 Å². The van der Waals surface area contributed by atoms with E-state index in [1.54, 1.807) is 7.11 Å². The molecule has 0 saturated carbocycles. The van der Waals surface area contributed by atoms with E-state index < -0.39 is 11.9 Å². The standard InChI is InChI=1S/C54H74FN9O4.2C2H6.CH4IP/c1-8-63(52-50(55)30-46(33-59-52)61-51-16-15-47(65)34-60-53(51)66)28-23-56-31-41-18-26-64(27-19-41)54(67)44-13-11-42(12-14-44)43-20-24-62(25-21-43)35-38(4)29-49-40(6)57-22-17-48(49)45(10-9-37(2)3)32-58-39(5)36-68-7;2*1-2;1-3-2/h9-14,17,22,29-30,32-33,39,41,43,51,56,58,61H,2,8,15-16,18-21,23-28,31,34-36H2,1,3-7H3,(H,60,66);2*1-2H3;3H,1H3/b10-9-,38-29+,45-32+;;;. The molecular weight excluding hydrogens is 1080 g/mol. The Morgan fingerprint density at radius 2 is 1.71 bits per heavy atom. The van der Waals surface area contributed by atoms with Gasteiger partial charge in [0.2, 0.25) is 5.91 Å². The average Bonchev–Trinajstić information content (AvgIpc) is 3.57. The number of carbonyl (C=O) groups is 3. The average molecular weight is 1170 g/mol. The van der Waals surface area contributed by atoms with Crippen LogP contribution in [0.15, 0.2) is 84.9 Å². The summed E-state index contributed by atoms with van der Waals surface area (Å²) in [6, 6.07) is 11.4. The van der Waals surface area contributed by atoms with Crippen molar-refractivity contribution >= 4 is 69.0 Å². The van der Waals surface area contributed by atoms with Crippen LogP contribution in [-0.4, -0.2) is 135 Å². The Hall–Kier alpha value is -4.54. The van der Waals surface area contributed by atoms with Crippen LogP contribution in [0.25, 0.3) is 11.6 Å². The van der Waals surface area contributed by atoms with Crippen LogP contribution in [0.2, 0.25) is 0 Å². The molecule has 3 atom stereocenters. The SMILES string of the molecule is C=C(C)/C=C\C(=C/NC(C)COC)c1ccnc(C)c1/C=C(\C)CN1CCC(c2ccc(C(=O)N3CCC(CNCCN(CC)c4ncc(NC5CCC(=O)CNC5=O)cc4F)CC3)cc2)CC1.CC.CC.CPI. The molecule has 75 heavy (non-hydrogen) atoms. The van der Waals surface area contributed by atoms with E-state index in [0.717, 1.165) is 105 Å². The van der Waals surface area contributed by atoms with Crippen LogP contribution >= 0.6 is 28.3 Å². The Morgan fingerprint density at radius 3 is 2.33 bits per heavy atom. The number of rotatable bonds is 21. The summed E-state index contributed by atoms with van der Waals surface area (Å²) in [5.41, 5.74) is 9.03. The van der Waals surface area contributed by atoms with Gasteiger partial charge in [0.05, 0.1) is 25.0 Å². The van der Waals surface area contributed by atoms with Crippen molar-refractivity contribution < 1.29 is 23.5 Å². The summed E-state index contributed by atoms with van der Waals surface area (Å²) in [4.78, 5) is 53.1. The molecule has 3 aliphatic rings. The van der Waals surface area contributed by atoms with Gasteiger partial charge >= 0.3 is 0 Å². The van der Waals surface area contributed by atoms with Crippen LogP contribution in [0.1, 0.15) is 133 Å². The molecule has 0 spiro atoms. The first-order valence-corrected chi connectivity index (χ1v) is 31.8. The van der Waals surface area contributed by atoms with Gasteiger partial charge < -0.3 is 35.8 Å². The second kappa shape index (κ2) is 35.7. The summed E-state index contributed by atoms with van der Waals surface area (Å²) >= 11 is 2.32. The summed E-state index contributed by atoms with van der Waals surface area (Å²) in [5, 5.41) is 12.7. The Balaban J connectivity index is 0.00000202. The topological polar surface area (TPSA) is 144 Å². The second-order valence-electron chi connectivity index (χ2n) is 19.1. The molecule has 3 unspecified atom stereocenters. The monoisotopic (exact) mass is 1170 g/mol. The minimum Gasteiger partial charge on any atom is -0.386 e. The number of hydrogen-bond donors (Lipinski definition) is 4. The zero-order valence-corrected chi connectivity index (χ0v) is 50.2. The number of amides is 2. The number of benzene rings is 1. The molecule has 0 aliphatic carbocycles. The molecule has 4 N–H and O–H groups in total. The minimum absolute atomic E-state index is 0.0206. The first kappa shape index (κ1) is 64.7. The number of ketones is 1. The number of ether oxygens (including phenoxy) is 1. The highest BCUT2D eigenvalue weighted by atomic mass is 127. The van der Waals surface area contributed by atoms with Crippen molar-refractivity contribution in [1.82, 2.24) is 35.7 Å². The number of likely N-dealkylation sites (N-methyl/N-ethyl adjacent to an activating group) is 1. The highest BCUT2D eigenvalue weighted by Gasteiger charge is 2.27. The number of anilines is 2. The molecule has 2 aromatic heterocycles. The molecule has 3 saturated heterocycles. The van der Waals surface area contributed by atoms with E-state index in [1.807, 2.05) is 75.7 Å². The van der Waals surface area contributed by atoms with E-state index in [1.165, 1.54) is 23.4 Å². The fourth-order valence-electron chi connectivity index (χ4n) is 9.33. The van der Waals surface area contributed by atoms with E-state index in [2.05, 4.69) is 129 Å². The second-order valence-corrected chi connectivity index (χ2v) is 22.7. The number of Topliss-reactive ketones (excluding diaryl/α,β-unsaturated/α-hetero) is 1. The molecule has 0 radical (unpaired) electrons. The van der Waals surface area contributed by atoms with Crippen molar-refractivity contribution in [2.45, 2.75) is 119 Å². The molecule has 3 fully saturated rings. The minimum atomic E-state index is -0.613. The fourth-order valence-corrected chi connectivity index (χ4v) is 9.33. The molecule has 16 heteroatoms. The number of halogens is 2. The van der Waals surface area contributed by atoms with Gasteiger partial charge in [0.1, 0.15) is 6.04 Å². The van der Waals surface area contributed by atoms with Crippen molar-refractivity contribution in [1.29, 1.82) is 0 Å². The van der Waals surface area contributed by atoms with Crippen LogP contribution < -0.4 is 26.2 Å². The number of aryl methyl sites for hydroxylation is 1. The summed E-state index contributed by atoms with van der Waals surface area (Å²) in [7, 11) is 1.71. The summed E-state index contributed by atoms with van der Waals surface area (Å²) in [5.74, 6) is 0.523. The lowest BCUT2D eigenvalue weighted by atomic mass is 9.88. The number of likely N-dealkylation sites (tertiary alicyclic amines) is 2. The third kappa shape index (κ3) is 21.8. The van der Waals surface area contributed by atoms with Gasteiger partial charge in [-0.3, -0.25) is 24.3 Å². The van der Waals surface area contributed by atoms with Gasteiger partial charge in [0, 0.05) is 94.1 Å². The quantitative estimate of drug-likeness (QED) is 0.0350. The fraction of sp³-hybridized carbons (Fsp3) is 0.542. The number of allylic oxidation sites excluding steroid dienone is 4. The van der Waals surface area contributed by atoms with Crippen LogP contribution in [0.4, 0.5) is 15.9 Å². The number of piperidine rings is 2. The Kier molecular flexibility index (Phi) is 30.8. The summed E-state index contributed by atoms with van der Waals surface area (Å²) in [6.07, 6.45) is 17.6. The van der Waals surface area contributed by atoms with E-state index in [0.29, 0.717) is 50.2 Å². The Bertz CT molecular complexity index is 2310. The van der Waals surface area contributed by atoms with Crippen molar-refractivity contribution in [3.05, 3.63) is 119 Å². The molecule has 0 bridgehead atoms. The molecule has 414 valence electrons. The largest absolute Gasteiger partial charge is 0.386 e. The lowest BCUT2D eigenvalue weighted by Crippen LogP contribution is -2.41. The third-order valence-electron chi connectivity index (χ3n) is 13.3. The van der Waals surface area contributed by atoms with E-state index in [-0.39, 0.29) is 42.4 Å². The molecule has 3 aromatic rings. The van der Waals surface area contributed by atoms with E-state index in [4.69, 9.17) is 4.74 Å². The molecule has 3 aliphatic heterocycles. The Labute approximate surface area is 465 Å². The van der Waals surface area contributed by atoms with Crippen LogP contribution in [-0.2, 0) is 14.3 Å². The molecule has 13 nitrogen and oxygen atoms in total. The van der Waals surface area contributed by atoms with Gasteiger partial charge in [-0.2, -0.15) is 0 Å². The van der Waals surface area contributed by atoms with E-state index in [9.17, 15) is 14.4 Å². The summed E-state index contributed by atoms with van der Waals surface area (Å²) < 4.78 is 20.6. The van der Waals surface area contributed by atoms with Crippen molar-refractivity contribution in [2.24, 2.45) is 5.92 Å². The Morgan fingerprint density at radius 1 is 1.03 bits per heavy atom. The van der Waals surface area contributed by atoms with Gasteiger partial charge in [0.15, 0.2) is 17.4 Å². The van der Waals surface area contributed by atoms with E-state index >= 15 is 4.39 Å². The van der Waals surface area contributed by atoms with Gasteiger partial charge in [-0.15, -0.1) is 0 Å². The smallest absolute Gasteiger partial charge is 0.253 e. The highest BCUT2D eigenvalue weighted by molar-refractivity contribution is 14.2. The van der Waals surface area contributed by atoms with Crippen LogP contribution in [0.3, 0.4) is 0 Å². The lowest BCUT2D eigenvalue weighted by Gasteiger charge is -2.33. The van der Waals surface area contributed by atoms with Crippen LogP contribution in [0.5, 0.6) is 0 Å². The normalized spacial score (nSPS) is 17.5. The number of nitrogens with zero attached hydrogens (tertiary/aromatic N) is 5. The van der Waals surface area contributed by atoms with Gasteiger partial charge in [-0.05, 0) is 140 Å². The predicted octanol–water partition coefficient (Wildman–Crippen LogP) is 11.2. The number of pyridine rings is 2. The molecule has 1 aromatic carbocycles. The number of aromatic nitrogens is 2. The molecule has 2 amide bonds. The van der Waals surface area contributed by atoms with Crippen LogP contribution in [0, 0.1) is 18.7 Å². The predicted molar refractivity (Wildman–Crippen MR) is 323 cm³/mol. The maximum Gasteiger partial charge on any atom is 0.253 e. The number of nitrogens with one attached hydrogen (secondary N) is 4. The van der Waals surface area contributed by atoms with Crippen molar-refractivity contribution in [3.8, 4) is 0 Å². The zero-order valence-electron chi connectivity index (χ0n) is 47.1.